The van der Waals surface area contributed by atoms with E-state index in [4.69, 9.17) is 18.9 Å². The number of benzene rings is 2. The summed E-state index contributed by atoms with van der Waals surface area (Å²) >= 11 is 3.43. The Labute approximate surface area is 148 Å². The number of hydrogen-bond donors (Lipinski definition) is 0. The third-order valence-corrected chi connectivity index (χ3v) is 4.22. The topological polar surface area (TPSA) is 54.0 Å². The first kappa shape index (κ1) is 16.6. The van der Waals surface area contributed by atoms with Crippen LogP contribution in [0.25, 0.3) is 0 Å². The van der Waals surface area contributed by atoms with Crippen molar-refractivity contribution in [3.05, 3.63) is 51.5 Å². The zero-order chi connectivity index (χ0) is 17.1. The van der Waals surface area contributed by atoms with E-state index >= 15 is 0 Å². The van der Waals surface area contributed by atoms with Crippen LogP contribution in [0.3, 0.4) is 0 Å². The summed E-state index contributed by atoms with van der Waals surface area (Å²) in [6.07, 6.45) is 0. The Bertz CT molecular complexity index is 752. The minimum atomic E-state index is -0.432. The van der Waals surface area contributed by atoms with Gasteiger partial charge in [-0.15, -0.1) is 0 Å². The molecule has 126 valence electrons. The molecule has 0 spiro atoms. The van der Waals surface area contributed by atoms with E-state index in [1.165, 1.54) is 0 Å². The average molecular weight is 393 g/mol. The molecule has 0 saturated carbocycles. The summed E-state index contributed by atoms with van der Waals surface area (Å²) < 4.78 is 22.2. The molecule has 0 fully saturated rings. The number of carbonyl (C=O) groups excluding carboxylic acids is 1. The van der Waals surface area contributed by atoms with Crippen LogP contribution in [-0.2, 0) is 16.1 Å². The highest BCUT2D eigenvalue weighted by Gasteiger charge is 2.17. The molecule has 6 heteroatoms. The molecule has 1 aliphatic heterocycles. The molecule has 0 unspecified atom stereocenters. The summed E-state index contributed by atoms with van der Waals surface area (Å²) in [5.74, 6) is 1.55. The SMILES string of the molecule is Cc1cc(C)cc(OCC(=O)OCc2cc3c(cc2Br)OCO3)c1. The first-order valence-corrected chi connectivity index (χ1v) is 8.25. The van der Waals surface area contributed by atoms with Gasteiger partial charge in [-0.2, -0.15) is 0 Å². The first-order valence-electron chi connectivity index (χ1n) is 7.46. The van der Waals surface area contributed by atoms with Crippen molar-refractivity contribution in [2.24, 2.45) is 0 Å². The third-order valence-electron chi connectivity index (χ3n) is 3.48. The van der Waals surface area contributed by atoms with E-state index in [0.717, 1.165) is 21.2 Å². The summed E-state index contributed by atoms with van der Waals surface area (Å²) in [6.45, 7) is 4.16. The van der Waals surface area contributed by atoms with Crippen LogP contribution in [0.1, 0.15) is 16.7 Å². The predicted molar refractivity (Wildman–Crippen MR) is 91.5 cm³/mol. The van der Waals surface area contributed by atoms with Gasteiger partial charge in [0.15, 0.2) is 18.1 Å². The van der Waals surface area contributed by atoms with Crippen LogP contribution in [0.4, 0.5) is 0 Å². The highest BCUT2D eigenvalue weighted by molar-refractivity contribution is 9.10. The molecule has 3 rings (SSSR count). The fourth-order valence-corrected chi connectivity index (χ4v) is 2.87. The Kier molecular flexibility index (Phi) is 4.94. The van der Waals surface area contributed by atoms with E-state index < -0.39 is 5.97 Å². The number of carbonyl (C=O) groups is 1. The summed E-state index contributed by atoms with van der Waals surface area (Å²) in [5.41, 5.74) is 2.98. The molecule has 0 amide bonds. The number of rotatable bonds is 5. The zero-order valence-corrected chi connectivity index (χ0v) is 15.0. The van der Waals surface area contributed by atoms with Gasteiger partial charge in [-0.1, -0.05) is 22.0 Å². The highest BCUT2D eigenvalue weighted by atomic mass is 79.9. The molecule has 0 aromatic heterocycles. The van der Waals surface area contributed by atoms with Gasteiger partial charge in [0, 0.05) is 10.0 Å². The van der Waals surface area contributed by atoms with E-state index in [2.05, 4.69) is 15.9 Å². The predicted octanol–water partition coefficient (Wildman–Crippen LogP) is 3.92. The van der Waals surface area contributed by atoms with Crippen LogP contribution in [0.2, 0.25) is 0 Å². The van der Waals surface area contributed by atoms with Crippen molar-refractivity contribution in [2.45, 2.75) is 20.5 Å². The molecule has 0 N–H and O–H groups in total. The molecule has 1 aliphatic rings. The van der Waals surface area contributed by atoms with Gasteiger partial charge in [0.25, 0.3) is 0 Å². The highest BCUT2D eigenvalue weighted by Crippen LogP contribution is 2.37. The monoisotopic (exact) mass is 392 g/mol. The second kappa shape index (κ2) is 7.13. The van der Waals surface area contributed by atoms with Crippen molar-refractivity contribution >= 4 is 21.9 Å². The van der Waals surface area contributed by atoms with Crippen LogP contribution in [0.15, 0.2) is 34.8 Å². The lowest BCUT2D eigenvalue weighted by molar-refractivity contribution is -0.147. The maximum Gasteiger partial charge on any atom is 0.344 e. The van der Waals surface area contributed by atoms with Crippen LogP contribution in [0, 0.1) is 13.8 Å². The summed E-state index contributed by atoms with van der Waals surface area (Å²) in [6, 6.07) is 9.41. The van der Waals surface area contributed by atoms with Gasteiger partial charge in [0.2, 0.25) is 6.79 Å². The summed E-state index contributed by atoms with van der Waals surface area (Å²) in [7, 11) is 0. The van der Waals surface area contributed by atoms with Gasteiger partial charge in [0.1, 0.15) is 12.4 Å². The van der Waals surface area contributed by atoms with Crippen molar-refractivity contribution in [3.8, 4) is 17.2 Å². The van der Waals surface area contributed by atoms with E-state index in [0.29, 0.717) is 17.2 Å². The number of ether oxygens (including phenoxy) is 4. The molecular formula is C18H17BrO5. The maximum atomic E-state index is 11.9. The largest absolute Gasteiger partial charge is 0.482 e. The number of fused-ring (bicyclic) bond motifs is 1. The Morgan fingerprint density at radius 2 is 1.75 bits per heavy atom. The molecule has 2 aromatic carbocycles. The zero-order valence-electron chi connectivity index (χ0n) is 13.4. The number of hydrogen-bond acceptors (Lipinski definition) is 5. The summed E-state index contributed by atoms with van der Waals surface area (Å²) in [4.78, 5) is 11.9. The van der Waals surface area contributed by atoms with Crippen molar-refractivity contribution in [3.63, 3.8) is 0 Å². The molecule has 0 aliphatic carbocycles. The van der Waals surface area contributed by atoms with Crippen molar-refractivity contribution < 1.29 is 23.7 Å². The fraction of sp³-hybridized carbons (Fsp3) is 0.278. The van der Waals surface area contributed by atoms with Crippen molar-refractivity contribution in [1.82, 2.24) is 0 Å². The van der Waals surface area contributed by atoms with Crippen LogP contribution >= 0.6 is 15.9 Å². The normalized spacial score (nSPS) is 12.1. The van der Waals surface area contributed by atoms with Crippen molar-refractivity contribution in [1.29, 1.82) is 0 Å². The quantitative estimate of drug-likeness (QED) is 0.721. The Morgan fingerprint density at radius 1 is 1.08 bits per heavy atom. The smallest absolute Gasteiger partial charge is 0.344 e. The van der Waals surface area contributed by atoms with E-state index in [1.807, 2.05) is 32.0 Å². The van der Waals surface area contributed by atoms with Gasteiger partial charge in [-0.25, -0.2) is 4.79 Å². The molecule has 1 heterocycles. The average Bonchev–Trinajstić information content (AvgIpc) is 2.96. The van der Waals surface area contributed by atoms with E-state index in [1.54, 1.807) is 12.1 Å². The summed E-state index contributed by atoms with van der Waals surface area (Å²) in [5, 5.41) is 0. The fourth-order valence-electron chi connectivity index (χ4n) is 2.43. The van der Waals surface area contributed by atoms with E-state index in [9.17, 15) is 4.79 Å². The molecule has 24 heavy (non-hydrogen) atoms. The minimum absolute atomic E-state index is 0.131. The number of aryl methyl sites for hydroxylation is 2. The molecular weight excluding hydrogens is 376 g/mol. The van der Waals surface area contributed by atoms with E-state index in [-0.39, 0.29) is 20.0 Å². The lowest BCUT2D eigenvalue weighted by atomic mass is 10.1. The van der Waals surface area contributed by atoms with Crippen LogP contribution < -0.4 is 14.2 Å². The minimum Gasteiger partial charge on any atom is -0.482 e. The Balaban J connectivity index is 1.54. The standard InChI is InChI=1S/C18H17BrO5/c1-11-3-12(2)5-14(4-11)21-9-18(20)22-8-13-6-16-17(7-15(13)19)24-10-23-16/h3-7H,8-10H2,1-2H3. The molecule has 0 radical (unpaired) electrons. The lowest BCUT2D eigenvalue weighted by Crippen LogP contribution is -2.15. The molecule has 5 nitrogen and oxygen atoms in total. The molecule has 0 atom stereocenters. The molecule has 0 bridgehead atoms. The number of halogens is 1. The Morgan fingerprint density at radius 3 is 2.46 bits per heavy atom. The van der Waals surface area contributed by atoms with Gasteiger partial charge in [0.05, 0.1) is 0 Å². The van der Waals surface area contributed by atoms with Gasteiger partial charge in [-0.05, 0) is 49.2 Å². The molecule has 2 aromatic rings. The van der Waals surface area contributed by atoms with Gasteiger partial charge >= 0.3 is 5.97 Å². The van der Waals surface area contributed by atoms with Crippen LogP contribution in [0.5, 0.6) is 17.2 Å². The Hall–Kier alpha value is -2.21. The maximum absolute atomic E-state index is 11.9. The lowest BCUT2D eigenvalue weighted by Gasteiger charge is -2.10. The van der Waals surface area contributed by atoms with Crippen molar-refractivity contribution in [2.75, 3.05) is 13.4 Å². The molecule has 0 saturated heterocycles. The van der Waals surface area contributed by atoms with Gasteiger partial charge < -0.3 is 18.9 Å². The van der Waals surface area contributed by atoms with Gasteiger partial charge in [-0.3, -0.25) is 0 Å². The number of esters is 1. The first-order chi connectivity index (χ1) is 11.5. The third kappa shape index (κ3) is 4.00. The van der Waals surface area contributed by atoms with Crippen LogP contribution in [-0.4, -0.2) is 19.4 Å². The second-order valence-electron chi connectivity index (χ2n) is 5.57. The second-order valence-corrected chi connectivity index (χ2v) is 6.42.